The largest absolute Gasteiger partial charge is 0.507 e. The van der Waals surface area contributed by atoms with Gasteiger partial charge in [-0.3, -0.25) is 24.6 Å². The van der Waals surface area contributed by atoms with Gasteiger partial charge in [0.15, 0.2) is 0 Å². The van der Waals surface area contributed by atoms with Crippen LogP contribution in [0.3, 0.4) is 0 Å². The first-order valence-corrected chi connectivity index (χ1v) is 10.6. The molecule has 1 heterocycles. The molecule has 0 bridgehead atoms. The number of non-ortho nitro benzene ring substituents is 1. The van der Waals surface area contributed by atoms with Gasteiger partial charge in [0.05, 0.1) is 28.7 Å². The Labute approximate surface area is 199 Å². The molecule has 1 saturated heterocycles. The van der Waals surface area contributed by atoms with E-state index in [1.807, 2.05) is 19.1 Å². The third kappa shape index (κ3) is 3.99. The fourth-order valence-corrected chi connectivity index (χ4v) is 4.21. The number of rotatable bonds is 5. The van der Waals surface area contributed by atoms with Crippen molar-refractivity contribution in [2.75, 3.05) is 12.0 Å². The third-order valence-corrected chi connectivity index (χ3v) is 5.86. The Hall–Kier alpha value is -4.17. The normalized spacial score (nSPS) is 17.1. The number of methoxy groups -OCH3 is 1. The standard InChI is InChI=1S/C25H19ClN2O6/c1-14-4-3-5-16(12-14)22-21(23(29)15-6-8-17(9-7-15)28(32)33)24(30)25(31)27(22)18-10-11-20(34-2)19(26)13-18/h3-13,22,29H,1-2H3/b23-21+. The van der Waals surface area contributed by atoms with Crippen LogP contribution in [-0.2, 0) is 9.59 Å². The van der Waals surface area contributed by atoms with Crippen molar-refractivity contribution in [3.8, 4) is 5.75 Å². The van der Waals surface area contributed by atoms with E-state index < -0.39 is 28.4 Å². The molecular formula is C25H19ClN2O6. The first-order valence-electron chi connectivity index (χ1n) is 10.2. The first kappa shape index (κ1) is 23.0. The van der Waals surface area contributed by atoms with Crippen molar-refractivity contribution in [2.24, 2.45) is 0 Å². The summed E-state index contributed by atoms with van der Waals surface area (Å²) in [5, 5.41) is 22.3. The number of aryl methyl sites for hydroxylation is 1. The number of nitro groups is 1. The molecule has 1 N–H and O–H groups in total. The quantitative estimate of drug-likeness (QED) is 0.177. The summed E-state index contributed by atoms with van der Waals surface area (Å²) in [7, 11) is 1.46. The Kier molecular flexibility index (Phi) is 6.08. The molecule has 1 aliphatic heterocycles. The van der Waals surface area contributed by atoms with Crippen LogP contribution in [0.15, 0.2) is 72.3 Å². The predicted molar refractivity (Wildman–Crippen MR) is 127 cm³/mol. The van der Waals surface area contributed by atoms with Gasteiger partial charge in [0, 0.05) is 23.4 Å². The second-order valence-corrected chi connectivity index (χ2v) is 8.11. The molecule has 1 unspecified atom stereocenters. The van der Waals surface area contributed by atoms with Crippen LogP contribution in [0.1, 0.15) is 22.7 Å². The highest BCUT2D eigenvalue weighted by Gasteiger charge is 2.47. The zero-order chi connectivity index (χ0) is 24.6. The van der Waals surface area contributed by atoms with Crippen molar-refractivity contribution in [1.29, 1.82) is 0 Å². The summed E-state index contributed by atoms with van der Waals surface area (Å²) in [4.78, 5) is 38.1. The smallest absolute Gasteiger partial charge is 0.300 e. The zero-order valence-electron chi connectivity index (χ0n) is 18.2. The number of anilines is 1. The van der Waals surface area contributed by atoms with Gasteiger partial charge < -0.3 is 9.84 Å². The number of nitrogens with zero attached hydrogens (tertiary/aromatic N) is 2. The number of ether oxygens (including phenoxy) is 1. The van der Waals surface area contributed by atoms with Crippen molar-refractivity contribution < 1.29 is 24.4 Å². The Morgan fingerprint density at radius 2 is 1.79 bits per heavy atom. The molecule has 0 saturated carbocycles. The van der Waals surface area contributed by atoms with Gasteiger partial charge >= 0.3 is 0 Å². The molecule has 0 radical (unpaired) electrons. The minimum Gasteiger partial charge on any atom is -0.507 e. The average molecular weight is 479 g/mol. The molecular weight excluding hydrogens is 460 g/mol. The molecule has 0 aliphatic carbocycles. The monoisotopic (exact) mass is 478 g/mol. The molecule has 1 aliphatic rings. The van der Waals surface area contributed by atoms with Crippen LogP contribution in [0.2, 0.25) is 5.02 Å². The summed E-state index contributed by atoms with van der Waals surface area (Å²) in [5.41, 5.74) is 1.73. The third-order valence-electron chi connectivity index (χ3n) is 5.57. The van der Waals surface area contributed by atoms with Gasteiger partial charge in [0.1, 0.15) is 11.5 Å². The number of aliphatic hydroxyl groups is 1. The lowest BCUT2D eigenvalue weighted by Crippen LogP contribution is -2.29. The van der Waals surface area contributed by atoms with Gasteiger partial charge in [-0.2, -0.15) is 0 Å². The van der Waals surface area contributed by atoms with Crippen molar-refractivity contribution in [1.82, 2.24) is 0 Å². The van der Waals surface area contributed by atoms with E-state index >= 15 is 0 Å². The van der Waals surface area contributed by atoms with Crippen LogP contribution in [0.25, 0.3) is 5.76 Å². The Morgan fingerprint density at radius 3 is 2.38 bits per heavy atom. The van der Waals surface area contributed by atoms with Crippen LogP contribution in [0.4, 0.5) is 11.4 Å². The Morgan fingerprint density at radius 1 is 1.09 bits per heavy atom. The number of aliphatic hydroxyl groups excluding tert-OH is 1. The highest BCUT2D eigenvalue weighted by Crippen LogP contribution is 2.43. The number of amides is 1. The van der Waals surface area contributed by atoms with E-state index in [2.05, 4.69) is 0 Å². The maximum Gasteiger partial charge on any atom is 0.300 e. The highest BCUT2D eigenvalue weighted by molar-refractivity contribution is 6.51. The van der Waals surface area contributed by atoms with Gasteiger partial charge in [-0.15, -0.1) is 0 Å². The van der Waals surface area contributed by atoms with E-state index in [0.29, 0.717) is 17.0 Å². The number of ketones is 1. The van der Waals surface area contributed by atoms with Crippen LogP contribution in [0.5, 0.6) is 5.75 Å². The Bertz CT molecular complexity index is 1350. The molecule has 3 aromatic carbocycles. The maximum absolute atomic E-state index is 13.2. The number of carbonyl (C=O) groups is 2. The average Bonchev–Trinajstić information content (AvgIpc) is 3.09. The summed E-state index contributed by atoms with van der Waals surface area (Å²) in [5.74, 6) is -1.74. The molecule has 9 heteroatoms. The molecule has 8 nitrogen and oxygen atoms in total. The van der Waals surface area contributed by atoms with Crippen molar-refractivity contribution in [3.63, 3.8) is 0 Å². The van der Waals surface area contributed by atoms with E-state index in [1.54, 1.807) is 24.3 Å². The molecule has 172 valence electrons. The minimum atomic E-state index is -0.945. The second-order valence-electron chi connectivity index (χ2n) is 7.71. The number of Topliss-reactive ketones (excluding diaryl/α,β-unsaturated/α-hetero) is 1. The van der Waals surface area contributed by atoms with E-state index in [4.69, 9.17) is 16.3 Å². The van der Waals surface area contributed by atoms with Crippen molar-refractivity contribution >= 4 is 40.4 Å². The summed E-state index contributed by atoms with van der Waals surface area (Å²) >= 11 is 6.28. The number of hydrogen-bond acceptors (Lipinski definition) is 6. The van der Waals surface area contributed by atoms with Gasteiger partial charge in [0.2, 0.25) is 0 Å². The SMILES string of the molecule is COc1ccc(N2C(=O)C(=O)/C(=C(/O)c3ccc([N+](=O)[O-])cc3)C2c2cccc(C)c2)cc1Cl. The lowest BCUT2D eigenvalue weighted by Gasteiger charge is -2.26. The van der Waals surface area contributed by atoms with Gasteiger partial charge in [-0.05, 0) is 42.8 Å². The van der Waals surface area contributed by atoms with E-state index in [1.165, 1.54) is 42.3 Å². The summed E-state index contributed by atoms with van der Waals surface area (Å²) in [6.45, 7) is 1.87. The molecule has 3 aromatic rings. The van der Waals surface area contributed by atoms with Crippen LogP contribution < -0.4 is 9.64 Å². The van der Waals surface area contributed by atoms with E-state index in [0.717, 1.165) is 5.56 Å². The molecule has 0 aromatic heterocycles. The maximum atomic E-state index is 13.2. The highest BCUT2D eigenvalue weighted by atomic mass is 35.5. The number of carbonyl (C=O) groups excluding carboxylic acids is 2. The van der Waals surface area contributed by atoms with Crippen LogP contribution in [0, 0.1) is 17.0 Å². The van der Waals surface area contributed by atoms with Gasteiger partial charge in [-0.1, -0.05) is 41.4 Å². The molecule has 0 spiro atoms. The lowest BCUT2D eigenvalue weighted by atomic mass is 9.94. The van der Waals surface area contributed by atoms with E-state index in [-0.39, 0.29) is 21.8 Å². The van der Waals surface area contributed by atoms with Crippen molar-refractivity contribution in [2.45, 2.75) is 13.0 Å². The summed E-state index contributed by atoms with van der Waals surface area (Å²) < 4.78 is 5.18. The molecule has 34 heavy (non-hydrogen) atoms. The molecule has 4 rings (SSSR count). The number of halogens is 1. The predicted octanol–water partition coefficient (Wildman–Crippen LogP) is 5.19. The van der Waals surface area contributed by atoms with Gasteiger partial charge in [0.25, 0.3) is 17.4 Å². The van der Waals surface area contributed by atoms with Gasteiger partial charge in [-0.25, -0.2) is 0 Å². The fraction of sp³-hybridized carbons (Fsp3) is 0.120. The lowest BCUT2D eigenvalue weighted by molar-refractivity contribution is -0.384. The second kappa shape index (κ2) is 8.99. The first-order chi connectivity index (χ1) is 16.2. The fourth-order valence-electron chi connectivity index (χ4n) is 3.96. The van der Waals surface area contributed by atoms with Crippen molar-refractivity contribution in [3.05, 3.63) is 104 Å². The minimum absolute atomic E-state index is 0.128. The molecule has 1 atom stereocenters. The summed E-state index contributed by atoms with van der Waals surface area (Å²) in [6, 6.07) is 16.1. The topological polar surface area (TPSA) is 110 Å². The zero-order valence-corrected chi connectivity index (χ0v) is 18.9. The number of nitro benzene ring substituents is 1. The molecule has 1 amide bonds. The van der Waals surface area contributed by atoms with E-state index in [9.17, 15) is 24.8 Å². The number of benzene rings is 3. The van der Waals surface area contributed by atoms with Crippen LogP contribution >= 0.6 is 11.6 Å². The Balaban J connectivity index is 1.92. The summed E-state index contributed by atoms with van der Waals surface area (Å²) in [6.07, 6.45) is 0. The molecule has 1 fully saturated rings. The van der Waals surface area contributed by atoms with Crippen LogP contribution in [-0.4, -0.2) is 28.8 Å². The number of hydrogen-bond donors (Lipinski definition) is 1.